The Labute approximate surface area is 112 Å². The second-order valence-electron chi connectivity index (χ2n) is 4.40. The maximum absolute atomic E-state index is 6.26. The molecule has 0 saturated carbocycles. The van der Waals surface area contributed by atoms with Crippen LogP contribution in [0.3, 0.4) is 0 Å². The summed E-state index contributed by atoms with van der Waals surface area (Å²) in [6.45, 7) is 0. The Kier molecular flexibility index (Phi) is 4.93. The number of nitrogens with two attached hydrogens (primary N) is 1. The van der Waals surface area contributed by atoms with Gasteiger partial charge in [-0.3, -0.25) is 0 Å². The van der Waals surface area contributed by atoms with Gasteiger partial charge in [0, 0.05) is 13.2 Å². The summed E-state index contributed by atoms with van der Waals surface area (Å²) in [6.07, 6.45) is 1.92. The summed E-state index contributed by atoms with van der Waals surface area (Å²) < 4.78 is 5.55. The normalized spacial score (nSPS) is 14.3. The fraction of sp³-hybridized carbons (Fsp3) is 0.333. The minimum Gasteiger partial charge on any atom is -0.375 e. The van der Waals surface area contributed by atoms with E-state index in [-0.39, 0.29) is 12.1 Å². The third-order valence-corrected chi connectivity index (χ3v) is 3.85. The average molecular weight is 261 g/mol. The van der Waals surface area contributed by atoms with E-state index in [1.165, 1.54) is 5.56 Å². The summed E-state index contributed by atoms with van der Waals surface area (Å²) in [6, 6.07) is 12.4. The van der Waals surface area contributed by atoms with Crippen LogP contribution in [-0.4, -0.2) is 13.2 Å². The Morgan fingerprint density at radius 3 is 2.61 bits per heavy atom. The topological polar surface area (TPSA) is 35.2 Å². The highest BCUT2D eigenvalue weighted by Gasteiger charge is 2.18. The Morgan fingerprint density at radius 1 is 1.22 bits per heavy atom. The molecule has 0 fully saturated rings. The number of aryl methyl sites for hydroxylation is 1. The van der Waals surface area contributed by atoms with Crippen LogP contribution in [0.1, 0.15) is 23.7 Å². The van der Waals surface area contributed by atoms with Crippen LogP contribution in [0, 0.1) is 0 Å². The smallest absolute Gasteiger partial charge is 0.0972 e. The molecular weight excluding hydrogens is 242 g/mol. The van der Waals surface area contributed by atoms with Crippen molar-refractivity contribution in [2.75, 3.05) is 7.11 Å². The molecule has 1 aromatic carbocycles. The fourth-order valence-corrected chi connectivity index (χ4v) is 2.82. The number of benzene rings is 1. The molecular formula is C15H19NOS. The summed E-state index contributed by atoms with van der Waals surface area (Å²) in [5, 5.41) is 4.28. The van der Waals surface area contributed by atoms with Crippen LogP contribution >= 0.6 is 11.3 Å². The molecule has 2 N–H and O–H groups in total. The molecule has 96 valence electrons. The van der Waals surface area contributed by atoms with Crippen molar-refractivity contribution in [3.8, 4) is 0 Å². The van der Waals surface area contributed by atoms with Gasteiger partial charge in [0.1, 0.15) is 0 Å². The first-order chi connectivity index (χ1) is 8.81. The zero-order chi connectivity index (χ0) is 12.8. The Hall–Kier alpha value is -1.16. The van der Waals surface area contributed by atoms with Gasteiger partial charge in [0.05, 0.1) is 6.10 Å². The number of thiophene rings is 1. The molecule has 0 amide bonds. The maximum Gasteiger partial charge on any atom is 0.0972 e. The molecule has 0 spiro atoms. The van der Waals surface area contributed by atoms with Gasteiger partial charge in [0.2, 0.25) is 0 Å². The third-order valence-electron chi connectivity index (χ3n) is 3.12. The Morgan fingerprint density at radius 2 is 2.00 bits per heavy atom. The quantitative estimate of drug-likeness (QED) is 0.865. The van der Waals surface area contributed by atoms with Crippen molar-refractivity contribution in [1.29, 1.82) is 0 Å². The van der Waals surface area contributed by atoms with E-state index >= 15 is 0 Å². The van der Waals surface area contributed by atoms with Gasteiger partial charge in [-0.2, -0.15) is 11.3 Å². The van der Waals surface area contributed by atoms with E-state index in [0.29, 0.717) is 0 Å². The van der Waals surface area contributed by atoms with Gasteiger partial charge in [0.15, 0.2) is 0 Å². The minimum atomic E-state index is -0.0233. The molecule has 1 aromatic heterocycles. The zero-order valence-electron chi connectivity index (χ0n) is 10.6. The van der Waals surface area contributed by atoms with Crippen LogP contribution in [0.4, 0.5) is 0 Å². The predicted molar refractivity (Wildman–Crippen MR) is 76.8 cm³/mol. The third kappa shape index (κ3) is 3.42. The van der Waals surface area contributed by atoms with Gasteiger partial charge < -0.3 is 10.5 Å². The van der Waals surface area contributed by atoms with Gasteiger partial charge in [-0.1, -0.05) is 30.3 Å². The Balaban J connectivity index is 1.95. The summed E-state index contributed by atoms with van der Waals surface area (Å²) in [5.74, 6) is 0. The summed E-state index contributed by atoms with van der Waals surface area (Å²) in [7, 11) is 1.72. The lowest BCUT2D eigenvalue weighted by molar-refractivity contribution is 0.0777. The predicted octanol–water partition coefficient (Wildman–Crippen LogP) is 3.40. The highest BCUT2D eigenvalue weighted by molar-refractivity contribution is 7.07. The summed E-state index contributed by atoms with van der Waals surface area (Å²) in [5.41, 5.74) is 8.77. The molecule has 2 unspecified atom stereocenters. The van der Waals surface area contributed by atoms with Gasteiger partial charge in [-0.25, -0.2) is 0 Å². The van der Waals surface area contributed by atoms with Crippen molar-refractivity contribution in [2.45, 2.75) is 25.0 Å². The molecule has 0 bridgehead atoms. The van der Waals surface area contributed by atoms with E-state index < -0.39 is 0 Å². The standard InChI is InChI=1S/C15H19NOS/c1-17-15(13-5-3-2-4-6-13)14(16)8-7-12-9-10-18-11-12/h2-6,9-11,14-15H,7-8,16H2,1H3. The molecule has 2 aromatic rings. The molecule has 2 rings (SSSR count). The van der Waals surface area contributed by atoms with Crippen LogP contribution in [0.2, 0.25) is 0 Å². The van der Waals surface area contributed by atoms with E-state index in [4.69, 9.17) is 10.5 Å². The van der Waals surface area contributed by atoms with E-state index in [9.17, 15) is 0 Å². The van der Waals surface area contributed by atoms with E-state index in [2.05, 4.69) is 29.0 Å². The summed E-state index contributed by atoms with van der Waals surface area (Å²) in [4.78, 5) is 0. The lowest BCUT2D eigenvalue weighted by Gasteiger charge is -2.22. The molecule has 2 nitrogen and oxygen atoms in total. The average Bonchev–Trinajstić information content (AvgIpc) is 2.92. The van der Waals surface area contributed by atoms with Crippen LogP contribution in [-0.2, 0) is 11.2 Å². The monoisotopic (exact) mass is 261 g/mol. The SMILES string of the molecule is COC(c1ccccc1)C(N)CCc1ccsc1. The minimum absolute atomic E-state index is 0.0233. The molecule has 1 heterocycles. The van der Waals surface area contributed by atoms with Crippen LogP contribution in [0.15, 0.2) is 47.2 Å². The maximum atomic E-state index is 6.26. The molecule has 18 heavy (non-hydrogen) atoms. The molecule has 0 aliphatic rings. The largest absolute Gasteiger partial charge is 0.375 e. The van der Waals surface area contributed by atoms with Gasteiger partial charge in [-0.15, -0.1) is 0 Å². The first-order valence-electron chi connectivity index (χ1n) is 6.15. The van der Waals surface area contributed by atoms with Crippen molar-refractivity contribution in [1.82, 2.24) is 0 Å². The second kappa shape index (κ2) is 6.69. The van der Waals surface area contributed by atoms with Crippen molar-refractivity contribution >= 4 is 11.3 Å². The molecule has 0 aliphatic carbocycles. The molecule has 0 radical (unpaired) electrons. The van der Waals surface area contributed by atoms with Crippen molar-refractivity contribution in [3.05, 3.63) is 58.3 Å². The lowest BCUT2D eigenvalue weighted by atomic mass is 9.98. The summed E-state index contributed by atoms with van der Waals surface area (Å²) >= 11 is 1.73. The first-order valence-corrected chi connectivity index (χ1v) is 7.10. The number of ether oxygens (including phenoxy) is 1. The van der Waals surface area contributed by atoms with E-state index in [1.807, 2.05) is 18.2 Å². The molecule has 0 aliphatic heterocycles. The number of hydrogen-bond donors (Lipinski definition) is 1. The second-order valence-corrected chi connectivity index (χ2v) is 5.18. The van der Waals surface area contributed by atoms with Crippen molar-refractivity contribution in [3.63, 3.8) is 0 Å². The Bertz CT molecular complexity index is 441. The van der Waals surface area contributed by atoms with Crippen LogP contribution < -0.4 is 5.73 Å². The van der Waals surface area contributed by atoms with Crippen LogP contribution in [0.25, 0.3) is 0 Å². The highest BCUT2D eigenvalue weighted by Crippen LogP contribution is 2.22. The number of hydrogen-bond acceptors (Lipinski definition) is 3. The van der Waals surface area contributed by atoms with Gasteiger partial charge in [0.25, 0.3) is 0 Å². The zero-order valence-corrected chi connectivity index (χ0v) is 11.4. The van der Waals surface area contributed by atoms with Crippen molar-refractivity contribution in [2.24, 2.45) is 5.73 Å². The lowest BCUT2D eigenvalue weighted by Crippen LogP contribution is -2.30. The van der Waals surface area contributed by atoms with Gasteiger partial charge in [-0.05, 0) is 40.8 Å². The van der Waals surface area contributed by atoms with Gasteiger partial charge >= 0.3 is 0 Å². The van der Waals surface area contributed by atoms with E-state index in [0.717, 1.165) is 18.4 Å². The van der Waals surface area contributed by atoms with E-state index in [1.54, 1.807) is 18.4 Å². The molecule has 0 saturated heterocycles. The number of methoxy groups -OCH3 is 1. The van der Waals surface area contributed by atoms with Crippen molar-refractivity contribution < 1.29 is 4.74 Å². The molecule has 3 heteroatoms. The van der Waals surface area contributed by atoms with Crippen LogP contribution in [0.5, 0.6) is 0 Å². The number of rotatable bonds is 6. The molecule has 2 atom stereocenters. The highest BCUT2D eigenvalue weighted by atomic mass is 32.1. The first kappa shape index (κ1) is 13.3. The fourth-order valence-electron chi connectivity index (χ4n) is 2.12.